The lowest BCUT2D eigenvalue weighted by Crippen LogP contribution is -2.50. The van der Waals surface area contributed by atoms with Crippen LogP contribution in [0, 0.1) is 5.92 Å². The largest absolute Gasteiger partial charge is 0.465 e. The Kier molecular flexibility index (Phi) is 4.43. The summed E-state index contributed by atoms with van der Waals surface area (Å²) < 4.78 is 6.61. The fourth-order valence-electron chi connectivity index (χ4n) is 4.14. The van der Waals surface area contributed by atoms with Crippen molar-refractivity contribution in [3.63, 3.8) is 0 Å². The second-order valence-electron chi connectivity index (χ2n) is 7.07. The van der Waals surface area contributed by atoms with Gasteiger partial charge in [-0.15, -0.1) is 0 Å². The third kappa shape index (κ3) is 3.20. The fraction of sp³-hybridized carbons (Fsp3) is 0.350. The monoisotopic (exact) mass is 367 g/mol. The number of nitrogens with one attached hydrogen (secondary N) is 1. The summed E-state index contributed by atoms with van der Waals surface area (Å²) in [5, 5.41) is 2.84. The number of likely N-dealkylation sites (tertiary alicyclic amines) is 1. The van der Waals surface area contributed by atoms with Crippen LogP contribution in [-0.2, 0) is 11.3 Å². The number of hydrogen-bond donors (Lipinski definition) is 1. The maximum absolute atomic E-state index is 12.8. The molecule has 140 valence electrons. The molecule has 2 atom stereocenters. The molecule has 1 aromatic heterocycles. The Morgan fingerprint density at radius 1 is 1.07 bits per heavy atom. The Bertz CT molecular complexity index is 952. The number of ether oxygens (including phenoxy) is 1. The van der Waals surface area contributed by atoms with Crippen LogP contribution in [0.1, 0.15) is 28.4 Å². The number of methoxy groups -OCH3 is 1. The van der Waals surface area contributed by atoms with Gasteiger partial charge in [-0.2, -0.15) is 0 Å². The van der Waals surface area contributed by atoms with Crippen LogP contribution in [0.4, 0.5) is 10.5 Å². The summed E-state index contributed by atoms with van der Waals surface area (Å²) in [5.41, 5.74) is 1.77. The van der Waals surface area contributed by atoms with Crippen molar-refractivity contribution in [2.75, 3.05) is 25.5 Å². The molecule has 1 saturated heterocycles. The number of para-hydroxylation sites is 1. The SMILES string of the molecule is COC(=O)c1ccccc1NC(=O)N1C[C@H]2C[C@@H](C1)c1cccc(=O)n1C2. The van der Waals surface area contributed by atoms with Crippen molar-refractivity contribution < 1.29 is 14.3 Å². The third-order valence-electron chi connectivity index (χ3n) is 5.34. The van der Waals surface area contributed by atoms with Gasteiger partial charge >= 0.3 is 12.0 Å². The first kappa shape index (κ1) is 17.3. The van der Waals surface area contributed by atoms with Gasteiger partial charge in [0, 0.05) is 37.3 Å². The summed E-state index contributed by atoms with van der Waals surface area (Å²) in [4.78, 5) is 38.6. The van der Waals surface area contributed by atoms with E-state index in [4.69, 9.17) is 4.74 Å². The number of fused-ring (bicyclic) bond motifs is 4. The number of benzene rings is 1. The summed E-state index contributed by atoms with van der Waals surface area (Å²) >= 11 is 0. The number of carbonyl (C=O) groups is 2. The Hall–Kier alpha value is -3.09. The number of rotatable bonds is 2. The predicted molar refractivity (Wildman–Crippen MR) is 99.9 cm³/mol. The van der Waals surface area contributed by atoms with Gasteiger partial charge in [-0.25, -0.2) is 9.59 Å². The number of amides is 2. The molecule has 0 saturated carbocycles. The smallest absolute Gasteiger partial charge is 0.339 e. The van der Waals surface area contributed by atoms with Crippen LogP contribution in [0.2, 0.25) is 0 Å². The standard InChI is InChI=1S/C20H21N3O4/c1-27-19(25)15-5-2-3-6-16(15)21-20(26)22-10-13-9-14(12-22)17-7-4-8-18(24)23(17)11-13/h2-8,13-14H,9-12H2,1H3,(H,21,26)/t13-,14+/m1/s1. The highest BCUT2D eigenvalue weighted by molar-refractivity contribution is 6.00. The molecule has 1 aromatic carbocycles. The highest BCUT2D eigenvalue weighted by atomic mass is 16.5. The molecule has 7 nitrogen and oxygen atoms in total. The van der Waals surface area contributed by atoms with E-state index < -0.39 is 5.97 Å². The van der Waals surface area contributed by atoms with Crippen LogP contribution in [0.5, 0.6) is 0 Å². The number of nitrogens with zero attached hydrogens (tertiary/aromatic N) is 2. The van der Waals surface area contributed by atoms with E-state index in [0.717, 1.165) is 12.1 Å². The molecule has 2 amide bonds. The Labute approximate surface area is 156 Å². The lowest BCUT2D eigenvalue weighted by Gasteiger charge is -2.42. The van der Waals surface area contributed by atoms with E-state index in [2.05, 4.69) is 5.32 Å². The number of esters is 1. The average Bonchev–Trinajstić information content (AvgIpc) is 2.68. The van der Waals surface area contributed by atoms with Crippen LogP contribution < -0.4 is 10.9 Å². The maximum Gasteiger partial charge on any atom is 0.339 e. The summed E-state index contributed by atoms with van der Waals surface area (Å²) in [6.07, 6.45) is 0.978. The first-order valence-corrected chi connectivity index (χ1v) is 9.00. The van der Waals surface area contributed by atoms with Gasteiger partial charge < -0.3 is 19.5 Å². The Balaban J connectivity index is 1.54. The fourth-order valence-corrected chi connectivity index (χ4v) is 4.14. The molecule has 0 spiro atoms. The van der Waals surface area contributed by atoms with Gasteiger partial charge in [0.05, 0.1) is 18.4 Å². The molecule has 4 rings (SSSR count). The minimum absolute atomic E-state index is 0.0205. The molecule has 3 heterocycles. The van der Waals surface area contributed by atoms with Gasteiger partial charge in [0.25, 0.3) is 5.56 Å². The zero-order chi connectivity index (χ0) is 19.0. The van der Waals surface area contributed by atoms with Crippen LogP contribution >= 0.6 is 0 Å². The zero-order valence-electron chi connectivity index (χ0n) is 15.1. The lowest BCUT2D eigenvalue weighted by atomic mass is 9.83. The molecule has 0 radical (unpaired) electrons. The molecule has 27 heavy (non-hydrogen) atoms. The third-order valence-corrected chi connectivity index (χ3v) is 5.34. The normalized spacial score (nSPS) is 20.6. The number of hydrogen-bond acceptors (Lipinski definition) is 4. The summed E-state index contributed by atoms with van der Waals surface area (Å²) in [6, 6.07) is 11.9. The van der Waals surface area contributed by atoms with Crippen molar-refractivity contribution in [2.45, 2.75) is 18.9 Å². The van der Waals surface area contributed by atoms with Crippen molar-refractivity contribution in [2.24, 2.45) is 5.92 Å². The van der Waals surface area contributed by atoms with Crippen molar-refractivity contribution in [3.8, 4) is 0 Å². The molecule has 2 aliphatic rings. The van der Waals surface area contributed by atoms with E-state index in [1.165, 1.54) is 7.11 Å². The molecule has 7 heteroatoms. The summed E-state index contributed by atoms with van der Waals surface area (Å²) in [6.45, 7) is 1.77. The van der Waals surface area contributed by atoms with E-state index in [0.29, 0.717) is 30.9 Å². The number of carbonyl (C=O) groups excluding carboxylic acids is 2. The first-order valence-electron chi connectivity index (χ1n) is 9.00. The first-order chi connectivity index (χ1) is 13.1. The minimum atomic E-state index is -0.491. The topological polar surface area (TPSA) is 80.6 Å². The van der Waals surface area contributed by atoms with Gasteiger partial charge in [0.15, 0.2) is 0 Å². The second-order valence-corrected chi connectivity index (χ2v) is 7.07. The molecule has 2 bridgehead atoms. The highest BCUT2D eigenvalue weighted by Crippen LogP contribution is 2.35. The molecular weight excluding hydrogens is 346 g/mol. The molecule has 1 N–H and O–H groups in total. The quantitative estimate of drug-likeness (QED) is 0.826. The van der Waals surface area contributed by atoms with Gasteiger partial charge in [-0.3, -0.25) is 4.79 Å². The van der Waals surface area contributed by atoms with Crippen molar-refractivity contribution in [1.29, 1.82) is 0 Å². The second kappa shape index (κ2) is 6.90. The van der Waals surface area contributed by atoms with Crippen molar-refractivity contribution in [1.82, 2.24) is 9.47 Å². The number of urea groups is 1. The molecule has 1 fully saturated rings. The molecule has 2 aliphatic heterocycles. The number of pyridine rings is 1. The van der Waals surface area contributed by atoms with Crippen LogP contribution in [-0.4, -0.2) is 41.7 Å². The number of aromatic nitrogens is 1. The summed E-state index contributed by atoms with van der Waals surface area (Å²) in [7, 11) is 1.31. The van der Waals surface area contributed by atoms with E-state index in [-0.39, 0.29) is 23.4 Å². The van der Waals surface area contributed by atoms with Crippen LogP contribution in [0.25, 0.3) is 0 Å². The van der Waals surface area contributed by atoms with Gasteiger partial charge in [0.1, 0.15) is 0 Å². The van der Waals surface area contributed by atoms with Gasteiger partial charge in [-0.1, -0.05) is 18.2 Å². The summed E-state index contributed by atoms with van der Waals surface area (Å²) in [5.74, 6) is -0.0966. The van der Waals surface area contributed by atoms with Crippen LogP contribution in [0.3, 0.4) is 0 Å². The molecular formula is C20H21N3O4. The highest BCUT2D eigenvalue weighted by Gasteiger charge is 2.36. The number of piperidine rings is 1. The Morgan fingerprint density at radius 3 is 2.70 bits per heavy atom. The minimum Gasteiger partial charge on any atom is -0.465 e. The van der Waals surface area contributed by atoms with Gasteiger partial charge in [0.2, 0.25) is 0 Å². The van der Waals surface area contributed by atoms with Crippen molar-refractivity contribution in [3.05, 3.63) is 64.1 Å². The zero-order valence-corrected chi connectivity index (χ0v) is 15.1. The molecule has 0 unspecified atom stereocenters. The van der Waals surface area contributed by atoms with Gasteiger partial charge in [-0.05, 0) is 30.5 Å². The van der Waals surface area contributed by atoms with E-state index in [1.54, 1.807) is 41.3 Å². The van der Waals surface area contributed by atoms with Crippen molar-refractivity contribution >= 4 is 17.7 Å². The maximum atomic E-state index is 12.8. The van der Waals surface area contributed by atoms with E-state index >= 15 is 0 Å². The van der Waals surface area contributed by atoms with E-state index in [1.807, 2.05) is 10.6 Å². The average molecular weight is 367 g/mol. The number of anilines is 1. The predicted octanol–water partition coefficient (Wildman–Crippen LogP) is 2.29. The van der Waals surface area contributed by atoms with E-state index in [9.17, 15) is 14.4 Å². The lowest BCUT2D eigenvalue weighted by molar-refractivity contribution is 0.0602. The van der Waals surface area contributed by atoms with Crippen LogP contribution in [0.15, 0.2) is 47.3 Å². The Morgan fingerprint density at radius 2 is 1.89 bits per heavy atom. The molecule has 0 aliphatic carbocycles. The molecule has 2 aromatic rings.